The minimum Gasteiger partial charge on any atom is -0.386 e. The Hall–Kier alpha value is -4.32. The van der Waals surface area contributed by atoms with Crippen molar-refractivity contribution in [2.45, 2.75) is 118 Å². The van der Waals surface area contributed by atoms with Gasteiger partial charge >= 0.3 is 12.3 Å². The second-order valence-corrected chi connectivity index (χ2v) is 11.8. The van der Waals surface area contributed by atoms with E-state index < -0.39 is 18.8 Å². The van der Waals surface area contributed by atoms with Crippen molar-refractivity contribution in [3.8, 4) is 12.8 Å². The number of ether oxygens (including phenoxy) is 1. The molecule has 0 saturated heterocycles. The summed E-state index contributed by atoms with van der Waals surface area (Å²) >= 11 is 5.55. The van der Waals surface area contributed by atoms with E-state index in [9.17, 15) is 17.6 Å². The van der Waals surface area contributed by atoms with Crippen LogP contribution in [0.4, 0.5) is 17.6 Å². The second-order valence-electron chi connectivity index (χ2n) is 11.4. The topological polar surface area (TPSA) is 60.2 Å². The van der Waals surface area contributed by atoms with E-state index in [4.69, 9.17) is 22.1 Å². The molecule has 4 aromatic rings. The van der Waals surface area contributed by atoms with Gasteiger partial charge in [0.15, 0.2) is 0 Å². The lowest BCUT2D eigenvalue weighted by atomic mass is 10.0. The molecular weight excluding hydrogens is 710 g/mol. The third kappa shape index (κ3) is 24.1. The number of terminal acetylenes is 1. The minimum atomic E-state index is -3.94. The lowest BCUT2D eigenvalue weighted by molar-refractivity contribution is -0.127. The van der Waals surface area contributed by atoms with Gasteiger partial charge in [-0.2, -0.15) is 8.78 Å². The van der Waals surface area contributed by atoms with Crippen molar-refractivity contribution in [2.24, 2.45) is 5.73 Å². The van der Waals surface area contributed by atoms with Gasteiger partial charge in [0.25, 0.3) is 0 Å². The predicted molar refractivity (Wildman–Crippen MR) is 222 cm³/mol. The highest BCUT2D eigenvalue weighted by molar-refractivity contribution is 6.30. The number of nitrogens with two attached hydrogens (primary N) is 1. The molecule has 298 valence electrons. The molecule has 0 spiro atoms. The van der Waals surface area contributed by atoms with Crippen LogP contribution >= 0.6 is 11.6 Å². The molecular formula is C45H62ClF4N3O. The zero-order valence-corrected chi connectivity index (χ0v) is 33.9. The van der Waals surface area contributed by atoms with E-state index in [1.54, 1.807) is 18.3 Å². The Morgan fingerprint density at radius 2 is 1.37 bits per heavy atom. The molecule has 54 heavy (non-hydrogen) atoms. The van der Waals surface area contributed by atoms with E-state index in [0.29, 0.717) is 29.9 Å². The van der Waals surface area contributed by atoms with Gasteiger partial charge in [-0.05, 0) is 73.4 Å². The molecule has 2 atom stereocenters. The van der Waals surface area contributed by atoms with E-state index in [0.717, 1.165) is 30.5 Å². The summed E-state index contributed by atoms with van der Waals surface area (Å²) in [5.74, 6) is -3.41. The number of hydrogen-bond acceptors (Lipinski definition) is 4. The lowest BCUT2D eigenvalue weighted by Crippen LogP contribution is -2.38. The fraction of sp³-hybridized carbons (Fsp3) is 0.400. The maximum atomic E-state index is 12.7. The van der Waals surface area contributed by atoms with Gasteiger partial charge in [-0.25, -0.2) is 8.78 Å². The summed E-state index contributed by atoms with van der Waals surface area (Å²) in [5, 5.41) is 3.88. The zero-order valence-electron chi connectivity index (χ0n) is 33.2. The number of nitrogens with one attached hydrogen (secondary N) is 1. The first-order valence-corrected chi connectivity index (χ1v) is 18.9. The molecule has 0 aliphatic heterocycles. The number of benzene rings is 3. The maximum absolute atomic E-state index is 12.7. The Morgan fingerprint density at radius 3 is 1.81 bits per heavy atom. The van der Waals surface area contributed by atoms with Gasteiger partial charge in [0.1, 0.15) is 0 Å². The highest BCUT2D eigenvalue weighted by atomic mass is 35.5. The Labute approximate surface area is 328 Å². The van der Waals surface area contributed by atoms with Crippen LogP contribution in [0.5, 0.6) is 0 Å². The van der Waals surface area contributed by atoms with Gasteiger partial charge in [0, 0.05) is 18.3 Å². The van der Waals surface area contributed by atoms with E-state index in [1.165, 1.54) is 29.7 Å². The molecule has 3 N–H and O–H groups in total. The molecule has 1 saturated carbocycles. The molecule has 0 unspecified atom stereocenters. The number of pyridine rings is 1. The van der Waals surface area contributed by atoms with Crippen LogP contribution in [-0.2, 0) is 30.6 Å². The van der Waals surface area contributed by atoms with Gasteiger partial charge in [-0.1, -0.05) is 145 Å². The molecule has 1 aliphatic carbocycles. The van der Waals surface area contributed by atoms with Crippen molar-refractivity contribution in [3.05, 3.63) is 149 Å². The van der Waals surface area contributed by atoms with Crippen LogP contribution in [0.25, 0.3) is 0 Å². The Balaban J connectivity index is 0. The van der Waals surface area contributed by atoms with E-state index in [1.807, 2.05) is 77.9 Å². The van der Waals surface area contributed by atoms with Gasteiger partial charge in [0.2, 0.25) is 0 Å². The summed E-state index contributed by atoms with van der Waals surface area (Å²) < 4.78 is 55.2. The average Bonchev–Trinajstić information content (AvgIpc) is 3.64. The third-order valence-corrected chi connectivity index (χ3v) is 7.64. The number of aryl methyl sites for hydroxylation is 3. The Bertz CT molecular complexity index is 1470. The van der Waals surface area contributed by atoms with Crippen LogP contribution in [0.3, 0.4) is 0 Å². The van der Waals surface area contributed by atoms with Crippen LogP contribution in [0, 0.1) is 19.8 Å². The summed E-state index contributed by atoms with van der Waals surface area (Å²) in [6.45, 7) is 18.3. The van der Waals surface area contributed by atoms with Crippen LogP contribution in [-0.4, -0.2) is 29.5 Å². The normalized spacial score (nSPS) is 13.8. The molecule has 1 fully saturated rings. The van der Waals surface area contributed by atoms with Gasteiger partial charge < -0.3 is 15.8 Å². The third-order valence-electron chi connectivity index (χ3n) is 7.42. The number of aromatic nitrogens is 1. The first-order valence-electron chi connectivity index (χ1n) is 18.5. The monoisotopic (exact) mass is 771 g/mol. The van der Waals surface area contributed by atoms with Crippen molar-refractivity contribution >= 4 is 11.6 Å². The van der Waals surface area contributed by atoms with E-state index in [-0.39, 0.29) is 11.7 Å². The molecule has 0 bridgehead atoms. The highest BCUT2D eigenvalue weighted by Gasteiger charge is 2.40. The summed E-state index contributed by atoms with van der Waals surface area (Å²) in [6, 6.07) is 31.1. The second kappa shape index (κ2) is 32.1. The first kappa shape index (κ1) is 51.8. The number of nitrogens with zero attached hydrogens (tertiary/aromatic N) is 1. The Kier molecular flexibility index (Phi) is 30.8. The van der Waals surface area contributed by atoms with Crippen molar-refractivity contribution in [3.63, 3.8) is 0 Å². The SMILES string of the molecule is C#C.C=C(N)N[C@H]1CCC[C@@H]1OCc1ccccc1.CC.CC.CCc1cccc(CC(F)(F)C(F)F)c1.CCc1ccccc1.Cc1ccc(Cl)cn1. The lowest BCUT2D eigenvalue weighted by Gasteiger charge is -2.22. The largest absolute Gasteiger partial charge is 0.386 e. The van der Waals surface area contributed by atoms with Crippen molar-refractivity contribution in [2.75, 3.05) is 0 Å². The smallest absolute Gasteiger partial charge is 0.311 e. The van der Waals surface area contributed by atoms with E-state index >= 15 is 0 Å². The molecule has 1 heterocycles. The summed E-state index contributed by atoms with van der Waals surface area (Å²) in [5.41, 5.74) is 10.3. The molecule has 5 rings (SSSR count). The summed E-state index contributed by atoms with van der Waals surface area (Å²) in [6.07, 6.45) is 10.6. The minimum absolute atomic E-state index is 0.246. The molecule has 0 radical (unpaired) electrons. The highest BCUT2D eigenvalue weighted by Crippen LogP contribution is 2.27. The quantitative estimate of drug-likeness (QED) is 0.124. The molecule has 4 nitrogen and oxygen atoms in total. The van der Waals surface area contributed by atoms with Crippen molar-refractivity contribution < 1.29 is 22.3 Å². The van der Waals surface area contributed by atoms with Crippen molar-refractivity contribution in [1.82, 2.24) is 10.3 Å². The summed E-state index contributed by atoms with van der Waals surface area (Å²) in [7, 11) is 0. The molecule has 3 aromatic carbocycles. The van der Waals surface area contributed by atoms with Crippen LogP contribution < -0.4 is 11.1 Å². The number of hydrogen-bond donors (Lipinski definition) is 2. The first-order chi connectivity index (χ1) is 25.9. The maximum Gasteiger partial charge on any atom is 0.311 e. The predicted octanol–water partition coefficient (Wildman–Crippen LogP) is 12.4. The van der Waals surface area contributed by atoms with Crippen LogP contribution in [0.1, 0.15) is 88.8 Å². The van der Waals surface area contributed by atoms with Gasteiger partial charge in [0.05, 0.1) is 29.6 Å². The Morgan fingerprint density at radius 1 is 0.852 bits per heavy atom. The number of halogens is 5. The average molecular weight is 772 g/mol. The van der Waals surface area contributed by atoms with Crippen LogP contribution in [0.15, 0.2) is 116 Å². The van der Waals surface area contributed by atoms with Gasteiger partial charge in [-0.15, -0.1) is 12.8 Å². The molecule has 9 heteroatoms. The molecule has 1 aromatic heterocycles. The number of rotatable bonds is 10. The van der Waals surface area contributed by atoms with E-state index in [2.05, 4.69) is 73.0 Å². The van der Waals surface area contributed by atoms with Crippen molar-refractivity contribution in [1.29, 1.82) is 0 Å². The van der Waals surface area contributed by atoms with Crippen LogP contribution in [0.2, 0.25) is 5.02 Å². The van der Waals surface area contributed by atoms with Gasteiger partial charge in [-0.3, -0.25) is 4.98 Å². The fourth-order valence-electron chi connectivity index (χ4n) is 4.78. The fourth-order valence-corrected chi connectivity index (χ4v) is 4.89. The molecule has 0 amide bonds. The summed E-state index contributed by atoms with van der Waals surface area (Å²) in [4.78, 5) is 3.95. The number of alkyl halides is 4. The zero-order chi connectivity index (χ0) is 41.4. The molecule has 1 aliphatic rings. The standard InChI is InChI=1S/C14H20N2O.C11H12F4.C8H10.C6H6ClN.2C2H6.C2H2/c1-11(15)16-13-8-5-9-14(13)17-10-12-6-3-2-4-7-12;1-2-8-4-3-5-9(6-8)7-11(14,15)10(12)13;1-2-8-6-4-3-5-7-8;1-5-2-3-6(7)4-8-5;3*1-2/h2-4,6-7,13-14,16H,1,5,8-10,15H2;3-6,10H,2,7H2,1H3;3-7H,2H2,1H3;2-4H,1H3;2*1-2H3;1-2H/t13-,14-;;;;;;/m0....../s1.